The number of hydrogen-bond donors (Lipinski definition) is 0. The first kappa shape index (κ1) is 8.12. The van der Waals surface area contributed by atoms with Gasteiger partial charge in [-0.25, -0.2) is 0 Å². The highest BCUT2D eigenvalue weighted by Gasteiger charge is 2.27. The minimum Gasteiger partial charge on any atom is -0.118 e. The summed E-state index contributed by atoms with van der Waals surface area (Å²) in [5.74, 6) is 0.642. The molecule has 0 spiro atoms. The zero-order valence-corrected chi connectivity index (χ0v) is 8.23. The van der Waals surface area contributed by atoms with E-state index in [0.29, 0.717) is 5.92 Å². The van der Waals surface area contributed by atoms with Crippen LogP contribution < -0.4 is 0 Å². The van der Waals surface area contributed by atoms with Crippen LogP contribution in [0.4, 0.5) is 0 Å². The molecular weight excluding hydrogens is 168 g/mol. The van der Waals surface area contributed by atoms with E-state index in [0.717, 1.165) is 6.42 Å². The number of benzene rings is 1. The van der Waals surface area contributed by atoms with Crippen molar-refractivity contribution in [3.8, 4) is 0 Å². The number of aryl methyl sites for hydroxylation is 1. The maximum Gasteiger partial charge on any atom is 0.0593 e. The van der Waals surface area contributed by atoms with Gasteiger partial charge in [0, 0.05) is 0 Å². The molecule has 0 radical (unpaired) electrons. The molecule has 0 saturated heterocycles. The fraction of sp³-hybridized carbons (Fsp3) is 0.455. The average Bonchev–Trinajstić information content (AvgIpc) is 2.29. The molecule has 12 heavy (non-hydrogen) atoms. The molecule has 1 aliphatic carbocycles. The molecule has 2 rings (SSSR count). The molecule has 0 fully saturated rings. The zero-order chi connectivity index (χ0) is 8.72. The number of alkyl halides is 1. The Morgan fingerprint density at radius 2 is 2.17 bits per heavy atom. The van der Waals surface area contributed by atoms with E-state index in [1.807, 2.05) is 0 Å². The molecular formula is C11H13Cl. The summed E-state index contributed by atoms with van der Waals surface area (Å²) in [6.45, 7) is 4.43. The van der Waals surface area contributed by atoms with Crippen molar-refractivity contribution < 1.29 is 0 Å². The maximum absolute atomic E-state index is 6.21. The Labute approximate surface area is 78.6 Å². The molecule has 1 heteroatoms. The number of halogens is 1. The van der Waals surface area contributed by atoms with Crippen molar-refractivity contribution >= 4 is 11.6 Å². The quantitative estimate of drug-likeness (QED) is 0.533. The second-order valence-electron chi connectivity index (χ2n) is 3.68. The largest absolute Gasteiger partial charge is 0.118 e. The first-order valence-electron chi connectivity index (χ1n) is 4.43. The van der Waals surface area contributed by atoms with Gasteiger partial charge in [-0.2, -0.15) is 0 Å². The topological polar surface area (TPSA) is 0 Å². The highest BCUT2D eigenvalue weighted by atomic mass is 35.5. The summed E-state index contributed by atoms with van der Waals surface area (Å²) in [5.41, 5.74) is 4.23. The van der Waals surface area contributed by atoms with Gasteiger partial charge in [0.05, 0.1) is 5.38 Å². The van der Waals surface area contributed by atoms with Crippen LogP contribution in [-0.4, -0.2) is 0 Å². The standard InChI is InChI=1S/C11H13Cl/c1-7-4-3-5-9-10(12)6-8(2)11(7)9/h3-5,8,10H,6H2,1-2H3/t8-,10+/m1/s1. The molecule has 0 aliphatic heterocycles. The van der Waals surface area contributed by atoms with E-state index in [-0.39, 0.29) is 5.38 Å². The third kappa shape index (κ3) is 1.06. The minimum atomic E-state index is 0.245. The van der Waals surface area contributed by atoms with Crippen molar-refractivity contribution in [3.63, 3.8) is 0 Å². The van der Waals surface area contributed by atoms with Crippen molar-refractivity contribution in [2.45, 2.75) is 31.6 Å². The van der Waals surface area contributed by atoms with E-state index in [1.165, 1.54) is 16.7 Å². The van der Waals surface area contributed by atoms with Crippen LogP contribution in [0.25, 0.3) is 0 Å². The lowest BCUT2D eigenvalue weighted by molar-refractivity contribution is 0.730. The molecule has 0 nitrogen and oxygen atoms in total. The van der Waals surface area contributed by atoms with Crippen molar-refractivity contribution in [1.29, 1.82) is 0 Å². The summed E-state index contributed by atoms with van der Waals surface area (Å²) in [6, 6.07) is 6.43. The first-order chi connectivity index (χ1) is 5.70. The van der Waals surface area contributed by atoms with Gasteiger partial charge in [0.1, 0.15) is 0 Å². The van der Waals surface area contributed by atoms with E-state index in [1.54, 1.807) is 0 Å². The van der Waals surface area contributed by atoms with Crippen LogP contribution >= 0.6 is 11.6 Å². The first-order valence-corrected chi connectivity index (χ1v) is 4.87. The fourth-order valence-electron chi connectivity index (χ4n) is 2.20. The zero-order valence-electron chi connectivity index (χ0n) is 7.47. The van der Waals surface area contributed by atoms with E-state index < -0.39 is 0 Å². The predicted octanol–water partition coefficient (Wildman–Crippen LogP) is 3.78. The number of fused-ring (bicyclic) bond motifs is 1. The molecule has 0 heterocycles. The monoisotopic (exact) mass is 180 g/mol. The van der Waals surface area contributed by atoms with Crippen LogP contribution in [0.15, 0.2) is 18.2 Å². The molecule has 1 aromatic carbocycles. The highest BCUT2D eigenvalue weighted by Crippen LogP contribution is 2.44. The summed E-state index contributed by atoms with van der Waals surface area (Å²) in [6.07, 6.45) is 1.10. The van der Waals surface area contributed by atoms with Gasteiger partial charge in [-0.1, -0.05) is 25.1 Å². The van der Waals surface area contributed by atoms with Crippen molar-refractivity contribution in [2.24, 2.45) is 0 Å². The average molecular weight is 181 g/mol. The fourth-order valence-corrected chi connectivity index (χ4v) is 2.66. The molecule has 0 saturated carbocycles. The summed E-state index contributed by atoms with van der Waals surface area (Å²) in [5, 5.41) is 0.245. The molecule has 0 unspecified atom stereocenters. The predicted molar refractivity (Wildman–Crippen MR) is 52.8 cm³/mol. The minimum absolute atomic E-state index is 0.245. The summed E-state index contributed by atoms with van der Waals surface area (Å²) >= 11 is 6.21. The molecule has 1 aromatic rings. The third-order valence-corrected chi connectivity index (χ3v) is 3.16. The van der Waals surface area contributed by atoms with Gasteiger partial charge in [-0.3, -0.25) is 0 Å². The molecule has 0 N–H and O–H groups in total. The van der Waals surface area contributed by atoms with E-state index in [2.05, 4.69) is 32.0 Å². The van der Waals surface area contributed by atoms with Crippen LogP contribution in [0.1, 0.15) is 41.3 Å². The van der Waals surface area contributed by atoms with Crippen molar-refractivity contribution in [1.82, 2.24) is 0 Å². The second kappa shape index (κ2) is 2.77. The molecule has 0 amide bonds. The third-order valence-electron chi connectivity index (χ3n) is 2.75. The van der Waals surface area contributed by atoms with E-state index >= 15 is 0 Å². The summed E-state index contributed by atoms with van der Waals surface area (Å²) < 4.78 is 0. The molecule has 0 aromatic heterocycles. The Morgan fingerprint density at radius 3 is 2.83 bits per heavy atom. The molecule has 64 valence electrons. The Balaban J connectivity index is 2.59. The summed E-state index contributed by atoms with van der Waals surface area (Å²) in [4.78, 5) is 0. The SMILES string of the molecule is Cc1cccc2c1[C@H](C)C[C@@H]2Cl. The molecule has 2 atom stereocenters. The molecule has 1 aliphatic rings. The van der Waals surface area contributed by atoms with Crippen molar-refractivity contribution in [2.75, 3.05) is 0 Å². The van der Waals surface area contributed by atoms with Crippen LogP contribution in [-0.2, 0) is 0 Å². The molecule has 0 bridgehead atoms. The second-order valence-corrected chi connectivity index (χ2v) is 4.21. The van der Waals surface area contributed by atoms with Gasteiger partial charge < -0.3 is 0 Å². The Morgan fingerprint density at radius 1 is 1.42 bits per heavy atom. The lowest BCUT2D eigenvalue weighted by Crippen LogP contribution is -1.90. The van der Waals surface area contributed by atoms with Gasteiger partial charge in [-0.15, -0.1) is 11.6 Å². The van der Waals surface area contributed by atoms with E-state index in [4.69, 9.17) is 11.6 Å². The van der Waals surface area contributed by atoms with Gasteiger partial charge in [-0.05, 0) is 36.0 Å². The Bertz CT molecular complexity index is 304. The smallest absolute Gasteiger partial charge is 0.0593 e. The normalized spacial score (nSPS) is 27.2. The highest BCUT2D eigenvalue weighted by molar-refractivity contribution is 6.21. The van der Waals surface area contributed by atoms with E-state index in [9.17, 15) is 0 Å². The van der Waals surface area contributed by atoms with Crippen LogP contribution in [0.3, 0.4) is 0 Å². The Hall–Kier alpha value is -0.490. The van der Waals surface area contributed by atoms with Gasteiger partial charge in [0.15, 0.2) is 0 Å². The van der Waals surface area contributed by atoms with Crippen LogP contribution in [0.5, 0.6) is 0 Å². The lowest BCUT2D eigenvalue weighted by atomic mass is 9.98. The maximum atomic E-state index is 6.21. The Kier molecular flexibility index (Phi) is 1.88. The van der Waals surface area contributed by atoms with Crippen LogP contribution in [0, 0.1) is 6.92 Å². The van der Waals surface area contributed by atoms with Crippen molar-refractivity contribution in [3.05, 3.63) is 34.9 Å². The summed E-state index contributed by atoms with van der Waals surface area (Å²) in [7, 11) is 0. The van der Waals surface area contributed by atoms with Gasteiger partial charge in [0.2, 0.25) is 0 Å². The lowest BCUT2D eigenvalue weighted by Gasteiger charge is -2.07. The number of hydrogen-bond acceptors (Lipinski definition) is 0. The number of rotatable bonds is 0. The van der Waals surface area contributed by atoms with Gasteiger partial charge >= 0.3 is 0 Å². The van der Waals surface area contributed by atoms with Gasteiger partial charge in [0.25, 0.3) is 0 Å². The van der Waals surface area contributed by atoms with Crippen LogP contribution in [0.2, 0.25) is 0 Å².